The maximum absolute atomic E-state index is 14.6. The van der Waals surface area contributed by atoms with Gasteiger partial charge in [0, 0.05) is 18.5 Å². The van der Waals surface area contributed by atoms with Crippen molar-refractivity contribution in [2.45, 2.75) is 19.4 Å². The minimum absolute atomic E-state index is 0.0582. The fraction of sp³-hybridized carbons (Fsp3) is 0.235. The van der Waals surface area contributed by atoms with Gasteiger partial charge in [0.05, 0.1) is 17.9 Å². The van der Waals surface area contributed by atoms with E-state index in [4.69, 9.17) is 5.11 Å². The van der Waals surface area contributed by atoms with Gasteiger partial charge in [-0.15, -0.1) is 10.2 Å². The summed E-state index contributed by atoms with van der Waals surface area (Å²) < 4.78 is 16.0. The predicted octanol–water partition coefficient (Wildman–Crippen LogP) is 1.82. The first kappa shape index (κ1) is 16.9. The molecule has 0 unspecified atom stereocenters. The smallest absolute Gasteiger partial charge is 0.405 e. The molecule has 1 aliphatic heterocycles. The number of nitrogens with zero attached hydrogens (tertiary/aromatic N) is 5. The van der Waals surface area contributed by atoms with Gasteiger partial charge >= 0.3 is 6.09 Å². The molecule has 0 atom stereocenters. The second kappa shape index (κ2) is 6.63. The highest BCUT2D eigenvalue weighted by Gasteiger charge is 2.24. The van der Waals surface area contributed by atoms with Crippen LogP contribution in [0.4, 0.5) is 14.9 Å². The molecule has 9 nitrogen and oxygen atoms in total. The number of fused-ring (bicyclic) bond motifs is 1. The molecular weight excluding hydrogens is 355 g/mol. The number of halogens is 1. The van der Waals surface area contributed by atoms with Crippen molar-refractivity contribution in [2.24, 2.45) is 0 Å². The highest BCUT2D eigenvalue weighted by atomic mass is 19.1. The van der Waals surface area contributed by atoms with Crippen LogP contribution in [0.1, 0.15) is 18.7 Å². The lowest BCUT2D eigenvalue weighted by molar-refractivity contribution is -0.117. The summed E-state index contributed by atoms with van der Waals surface area (Å²) in [5, 5.41) is 23.1. The van der Waals surface area contributed by atoms with Crippen molar-refractivity contribution in [3.63, 3.8) is 0 Å². The van der Waals surface area contributed by atoms with Crippen LogP contribution in [-0.2, 0) is 11.3 Å². The van der Waals surface area contributed by atoms with Crippen molar-refractivity contribution in [2.75, 3.05) is 11.4 Å². The number of benzene rings is 1. The van der Waals surface area contributed by atoms with Crippen LogP contribution in [0.5, 0.6) is 0 Å². The molecule has 2 N–H and O–H groups in total. The fourth-order valence-corrected chi connectivity index (χ4v) is 3.04. The molecule has 0 saturated carbocycles. The monoisotopic (exact) mass is 370 g/mol. The van der Waals surface area contributed by atoms with Crippen molar-refractivity contribution < 1.29 is 19.1 Å². The molecule has 27 heavy (non-hydrogen) atoms. The van der Waals surface area contributed by atoms with Gasteiger partial charge in [-0.05, 0) is 30.7 Å². The number of rotatable bonds is 4. The van der Waals surface area contributed by atoms with E-state index >= 15 is 0 Å². The Morgan fingerprint density at radius 3 is 2.81 bits per heavy atom. The van der Waals surface area contributed by atoms with E-state index in [1.807, 2.05) is 0 Å². The summed E-state index contributed by atoms with van der Waals surface area (Å²) in [6.07, 6.45) is -0.0313. The van der Waals surface area contributed by atoms with Gasteiger partial charge in [-0.1, -0.05) is 6.07 Å². The molecule has 2 amide bonds. The van der Waals surface area contributed by atoms with Crippen LogP contribution < -0.4 is 10.2 Å². The highest BCUT2D eigenvalue weighted by molar-refractivity contribution is 5.95. The Kier molecular flexibility index (Phi) is 4.15. The molecule has 10 heteroatoms. The molecule has 3 heterocycles. The number of carboxylic acid groups (broad SMARTS) is 1. The van der Waals surface area contributed by atoms with E-state index in [2.05, 4.69) is 20.6 Å². The molecule has 0 radical (unpaired) electrons. The fourth-order valence-electron chi connectivity index (χ4n) is 3.04. The molecule has 1 saturated heterocycles. The van der Waals surface area contributed by atoms with E-state index in [9.17, 15) is 14.0 Å². The molecule has 1 aliphatic rings. The highest BCUT2D eigenvalue weighted by Crippen LogP contribution is 2.28. The molecule has 0 bridgehead atoms. The first-order valence-electron chi connectivity index (χ1n) is 8.31. The van der Waals surface area contributed by atoms with Crippen molar-refractivity contribution >= 4 is 23.3 Å². The summed E-state index contributed by atoms with van der Waals surface area (Å²) in [5.74, 6) is -0.267. The lowest BCUT2D eigenvalue weighted by Crippen LogP contribution is -2.24. The zero-order valence-corrected chi connectivity index (χ0v) is 14.1. The van der Waals surface area contributed by atoms with E-state index in [1.165, 1.54) is 15.5 Å². The third kappa shape index (κ3) is 3.16. The number of hydrogen-bond acceptors (Lipinski definition) is 5. The van der Waals surface area contributed by atoms with Crippen molar-refractivity contribution in [1.29, 1.82) is 0 Å². The number of aromatic nitrogens is 4. The van der Waals surface area contributed by atoms with Gasteiger partial charge in [-0.3, -0.25) is 4.79 Å². The minimum atomic E-state index is -1.18. The second-order valence-electron chi connectivity index (χ2n) is 6.08. The van der Waals surface area contributed by atoms with Gasteiger partial charge in [0.2, 0.25) is 5.91 Å². The molecule has 0 spiro atoms. The third-order valence-corrected chi connectivity index (χ3v) is 4.33. The predicted molar refractivity (Wildman–Crippen MR) is 92.6 cm³/mol. The SMILES string of the molecule is O=C(O)NCc1nnc2ccc(-c3ccc(N4CCCC4=O)c(F)c3)nn12. The number of anilines is 1. The summed E-state index contributed by atoms with van der Waals surface area (Å²) >= 11 is 0. The standard InChI is InChI=1S/C17H15FN6O3/c18-11-8-10(3-5-13(11)23-7-1-2-16(23)25)12-4-6-14-20-21-15(24(14)22-12)9-19-17(26)27/h3-6,8,19H,1-2,7,9H2,(H,26,27). The van der Waals surface area contributed by atoms with Gasteiger partial charge in [-0.2, -0.15) is 9.61 Å². The molecule has 3 aromatic rings. The number of carbonyl (C=O) groups is 2. The van der Waals surface area contributed by atoms with E-state index < -0.39 is 11.9 Å². The molecule has 4 rings (SSSR count). The topological polar surface area (TPSA) is 113 Å². The van der Waals surface area contributed by atoms with Gasteiger partial charge in [0.1, 0.15) is 5.82 Å². The Labute approximate surface area is 152 Å². The van der Waals surface area contributed by atoms with Crippen LogP contribution in [-0.4, -0.2) is 43.5 Å². The van der Waals surface area contributed by atoms with Crippen molar-refractivity contribution in [1.82, 2.24) is 25.1 Å². The van der Waals surface area contributed by atoms with E-state index in [1.54, 1.807) is 24.3 Å². The number of amides is 2. The Hall–Kier alpha value is -3.56. The molecule has 2 aromatic heterocycles. The average molecular weight is 370 g/mol. The normalized spacial score (nSPS) is 14.1. The van der Waals surface area contributed by atoms with Crippen LogP contribution in [0.2, 0.25) is 0 Å². The zero-order valence-electron chi connectivity index (χ0n) is 14.1. The quantitative estimate of drug-likeness (QED) is 0.724. The molecule has 0 aliphatic carbocycles. The number of nitrogens with one attached hydrogen (secondary N) is 1. The Balaban J connectivity index is 1.67. The lowest BCUT2D eigenvalue weighted by atomic mass is 10.1. The molecular formula is C17H15FN6O3. The van der Waals surface area contributed by atoms with E-state index in [-0.39, 0.29) is 18.1 Å². The Bertz CT molecular complexity index is 1050. The summed E-state index contributed by atoms with van der Waals surface area (Å²) in [4.78, 5) is 23.9. The number of carbonyl (C=O) groups excluding carboxylic acids is 1. The summed E-state index contributed by atoms with van der Waals surface area (Å²) in [5.41, 5.74) is 1.70. The minimum Gasteiger partial charge on any atom is -0.465 e. The van der Waals surface area contributed by atoms with Crippen LogP contribution in [0.25, 0.3) is 16.9 Å². The Morgan fingerprint density at radius 1 is 1.26 bits per heavy atom. The van der Waals surface area contributed by atoms with Gasteiger partial charge < -0.3 is 15.3 Å². The first-order chi connectivity index (χ1) is 13.0. The summed E-state index contributed by atoms with van der Waals surface area (Å²) in [7, 11) is 0. The second-order valence-corrected chi connectivity index (χ2v) is 6.08. The van der Waals surface area contributed by atoms with Gasteiger partial charge in [0.15, 0.2) is 11.5 Å². The van der Waals surface area contributed by atoms with Gasteiger partial charge in [-0.25, -0.2) is 9.18 Å². The zero-order chi connectivity index (χ0) is 19.0. The maximum atomic E-state index is 14.6. The average Bonchev–Trinajstić information content (AvgIpc) is 3.25. The van der Waals surface area contributed by atoms with Crippen LogP contribution in [0.3, 0.4) is 0 Å². The molecule has 1 fully saturated rings. The maximum Gasteiger partial charge on any atom is 0.405 e. The van der Waals surface area contributed by atoms with Crippen molar-refractivity contribution in [3.05, 3.63) is 42.0 Å². The van der Waals surface area contributed by atoms with Crippen LogP contribution >= 0.6 is 0 Å². The largest absolute Gasteiger partial charge is 0.465 e. The molecule has 138 valence electrons. The lowest BCUT2D eigenvalue weighted by Gasteiger charge is -2.17. The van der Waals surface area contributed by atoms with E-state index in [0.717, 1.165) is 6.42 Å². The third-order valence-electron chi connectivity index (χ3n) is 4.33. The number of hydrogen-bond donors (Lipinski definition) is 2. The van der Waals surface area contributed by atoms with E-state index in [0.29, 0.717) is 35.7 Å². The van der Waals surface area contributed by atoms with Gasteiger partial charge in [0.25, 0.3) is 0 Å². The molecule has 1 aromatic carbocycles. The van der Waals surface area contributed by atoms with Crippen LogP contribution in [0.15, 0.2) is 30.3 Å². The Morgan fingerprint density at radius 2 is 2.11 bits per heavy atom. The summed E-state index contributed by atoms with van der Waals surface area (Å²) in [6.45, 7) is 0.456. The van der Waals surface area contributed by atoms with Crippen LogP contribution in [0, 0.1) is 5.82 Å². The first-order valence-corrected chi connectivity index (χ1v) is 8.31. The van der Waals surface area contributed by atoms with Crippen molar-refractivity contribution in [3.8, 4) is 11.3 Å². The summed E-state index contributed by atoms with van der Waals surface area (Å²) in [6, 6.07) is 7.93.